The van der Waals surface area contributed by atoms with Gasteiger partial charge in [-0.05, 0) is 50.5 Å². The molecule has 0 radical (unpaired) electrons. The highest BCUT2D eigenvalue weighted by Gasteiger charge is 2.10. The average Bonchev–Trinajstić information content (AvgIpc) is 2.61. The Morgan fingerprint density at radius 2 is 1.73 bits per heavy atom. The third-order valence-corrected chi connectivity index (χ3v) is 3.41. The fourth-order valence-electron chi connectivity index (χ4n) is 2.25. The second-order valence-electron chi connectivity index (χ2n) is 6.96. The van der Waals surface area contributed by atoms with Gasteiger partial charge in [0.2, 0.25) is 0 Å². The van der Waals surface area contributed by atoms with Gasteiger partial charge in [0.25, 0.3) is 0 Å². The van der Waals surface area contributed by atoms with Crippen molar-refractivity contribution in [2.45, 2.75) is 39.4 Å². The van der Waals surface area contributed by atoms with E-state index in [1.807, 2.05) is 87.5 Å². The van der Waals surface area contributed by atoms with E-state index >= 15 is 0 Å². The molecule has 2 aromatic carbocycles. The van der Waals surface area contributed by atoms with E-state index in [0.717, 1.165) is 23.3 Å². The highest BCUT2D eigenvalue weighted by atomic mass is 16.5. The van der Waals surface area contributed by atoms with Crippen molar-refractivity contribution < 1.29 is 14.3 Å². The lowest BCUT2D eigenvalue weighted by Crippen LogP contribution is -2.24. The SMILES string of the molecule is CC(C)(C)Oc1ccc(C=CCCNC(=O)OCc2ccccc2)cc1. The van der Waals surface area contributed by atoms with E-state index in [9.17, 15) is 4.79 Å². The van der Waals surface area contributed by atoms with Gasteiger partial charge in [-0.1, -0.05) is 54.6 Å². The molecule has 0 aliphatic heterocycles. The molecule has 0 aliphatic carbocycles. The summed E-state index contributed by atoms with van der Waals surface area (Å²) in [5.41, 5.74) is 1.87. The van der Waals surface area contributed by atoms with E-state index in [4.69, 9.17) is 9.47 Å². The summed E-state index contributed by atoms with van der Waals surface area (Å²) in [6.45, 7) is 6.90. The van der Waals surface area contributed by atoms with Crippen molar-refractivity contribution in [1.29, 1.82) is 0 Å². The first-order valence-electron chi connectivity index (χ1n) is 8.82. The van der Waals surface area contributed by atoms with Gasteiger partial charge in [0.1, 0.15) is 18.0 Å². The first-order valence-corrected chi connectivity index (χ1v) is 8.82. The van der Waals surface area contributed by atoms with E-state index < -0.39 is 6.09 Å². The monoisotopic (exact) mass is 353 g/mol. The molecular weight excluding hydrogens is 326 g/mol. The molecule has 0 fully saturated rings. The average molecular weight is 353 g/mol. The number of amides is 1. The molecule has 0 atom stereocenters. The zero-order valence-corrected chi connectivity index (χ0v) is 15.7. The summed E-state index contributed by atoms with van der Waals surface area (Å²) in [6, 6.07) is 17.6. The number of nitrogens with one attached hydrogen (secondary N) is 1. The number of carbonyl (C=O) groups is 1. The van der Waals surface area contributed by atoms with Crippen molar-refractivity contribution in [1.82, 2.24) is 5.32 Å². The Labute approximate surface area is 155 Å². The van der Waals surface area contributed by atoms with Crippen molar-refractivity contribution in [3.05, 3.63) is 71.8 Å². The van der Waals surface area contributed by atoms with Gasteiger partial charge in [-0.25, -0.2) is 4.79 Å². The van der Waals surface area contributed by atoms with Gasteiger partial charge in [0, 0.05) is 6.54 Å². The van der Waals surface area contributed by atoms with Crippen LogP contribution in [0.1, 0.15) is 38.3 Å². The van der Waals surface area contributed by atoms with Crippen LogP contribution in [0.3, 0.4) is 0 Å². The molecule has 2 rings (SSSR count). The van der Waals surface area contributed by atoms with Gasteiger partial charge in [0.15, 0.2) is 0 Å². The van der Waals surface area contributed by atoms with Crippen LogP contribution >= 0.6 is 0 Å². The predicted molar refractivity (Wildman–Crippen MR) is 105 cm³/mol. The number of rotatable bonds is 7. The first-order chi connectivity index (χ1) is 12.4. The molecule has 0 aromatic heterocycles. The third-order valence-electron chi connectivity index (χ3n) is 3.41. The minimum Gasteiger partial charge on any atom is -0.488 e. The lowest BCUT2D eigenvalue weighted by Gasteiger charge is -2.21. The van der Waals surface area contributed by atoms with Crippen LogP contribution in [0.15, 0.2) is 60.7 Å². The Kier molecular flexibility index (Phi) is 7.27. The fourth-order valence-corrected chi connectivity index (χ4v) is 2.25. The van der Waals surface area contributed by atoms with Gasteiger partial charge in [-0.2, -0.15) is 0 Å². The maximum absolute atomic E-state index is 11.6. The van der Waals surface area contributed by atoms with Crippen molar-refractivity contribution in [3.8, 4) is 5.75 Å². The molecule has 138 valence electrons. The van der Waals surface area contributed by atoms with Crippen LogP contribution in [0.2, 0.25) is 0 Å². The summed E-state index contributed by atoms with van der Waals surface area (Å²) in [5.74, 6) is 0.859. The molecule has 26 heavy (non-hydrogen) atoms. The van der Waals surface area contributed by atoms with E-state index in [1.54, 1.807) is 0 Å². The van der Waals surface area contributed by atoms with Gasteiger partial charge in [-0.3, -0.25) is 0 Å². The summed E-state index contributed by atoms with van der Waals surface area (Å²) in [4.78, 5) is 11.6. The highest BCUT2D eigenvalue weighted by Crippen LogP contribution is 2.19. The Balaban J connectivity index is 1.65. The molecule has 0 aliphatic rings. The van der Waals surface area contributed by atoms with Crippen LogP contribution in [0.4, 0.5) is 4.79 Å². The normalized spacial score (nSPS) is 11.3. The van der Waals surface area contributed by atoms with Crippen LogP contribution in [-0.4, -0.2) is 18.2 Å². The van der Waals surface area contributed by atoms with Gasteiger partial charge < -0.3 is 14.8 Å². The van der Waals surface area contributed by atoms with Crippen molar-refractivity contribution in [2.24, 2.45) is 0 Å². The zero-order valence-electron chi connectivity index (χ0n) is 15.7. The summed E-state index contributed by atoms with van der Waals surface area (Å²) < 4.78 is 11.0. The number of carbonyl (C=O) groups excluding carboxylic acids is 1. The third kappa shape index (κ3) is 7.88. The summed E-state index contributed by atoms with van der Waals surface area (Å²) in [6.07, 6.45) is 4.39. The molecule has 1 amide bonds. The quantitative estimate of drug-likeness (QED) is 0.697. The minimum absolute atomic E-state index is 0.196. The molecule has 1 N–H and O–H groups in total. The summed E-state index contributed by atoms with van der Waals surface area (Å²) >= 11 is 0. The fraction of sp³-hybridized carbons (Fsp3) is 0.318. The Morgan fingerprint density at radius 1 is 1.04 bits per heavy atom. The molecule has 4 heteroatoms. The van der Waals surface area contributed by atoms with E-state index in [1.165, 1.54) is 0 Å². The summed E-state index contributed by atoms with van der Waals surface area (Å²) in [7, 11) is 0. The molecule has 0 unspecified atom stereocenters. The van der Waals surface area contributed by atoms with E-state index in [2.05, 4.69) is 5.32 Å². The lowest BCUT2D eigenvalue weighted by molar-refractivity contribution is 0.131. The first kappa shape index (κ1) is 19.6. The smallest absolute Gasteiger partial charge is 0.407 e. The van der Waals surface area contributed by atoms with Crippen molar-refractivity contribution >= 4 is 12.2 Å². The van der Waals surface area contributed by atoms with Gasteiger partial charge >= 0.3 is 6.09 Å². The van der Waals surface area contributed by atoms with Crippen molar-refractivity contribution in [3.63, 3.8) is 0 Å². The van der Waals surface area contributed by atoms with Crippen LogP contribution in [0, 0.1) is 0 Å². The van der Waals surface area contributed by atoms with E-state index in [0.29, 0.717) is 6.54 Å². The largest absolute Gasteiger partial charge is 0.488 e. The second kappa shape index (κ2) is 9.66. The summed E-state index contributed by atoms with van der Waals surface area (Å²) in [5, 5.41) is 2.74. The zero-order chi connectivity index (χ0) is 18.8. The number of hydrogen-bond acceptors (Lipinski definition) is 3. The van der Waals surface area contributed by atoms with Gasteiger partial charge in [-0.15, -0.1) is 0 Å². The highest BCUT2D eigenvalue weighted by molar-refractivity contribution is 5.67. The Hall–Kier alpha value is -2.75. The van der Waals surface area contributed by atoms with Gasteiger partial charge in [0.05, 0.1) is 0 Å². The molecule has 0 saturated heterocycles. The molecule has 0 bridgehead atoms. The standard InChI is InChI=1S/C22H27NO3/c1-22(2,3)26-20-14-12-18(13-15-20)9-7-8-16-23-21(24)25-17-19-10-5-4-6-11-19/h4-7,9-15H,8,16-17H2,1-3H3,(H,23,24). The van der Waals surface area contributed by atoms with Crippen LogP contribution in [0.25, 0.3) is 6.08 Å². The molecule has 0 saturated carbocycles. The van der Waals surface area contributed by atoms with Crippen molar-refractivity contribution in [2.75, 3.05) is 6.54 Å². The Bertz CT molecular complexity index is 700. The molecule has 0 heterocycles. The Morgan fingerprint density at radius 3 is 2.38 bits per heavy atom. The number of ether oxygens (including phenoxy) is 2. The van der Waals surface area contributed by atoms with Crippen LogP contribution < -0.4 is 10.1 Å². The molecule has 0 spiro atoms. The molecule has 4 nitrogen and oxygen atoms in total. The number of benzene rings is 2. The predicted octanol–water partition coefficient (Wildman–Crippen LogP) is 5.19. The number of alkyl carbamates (subject to hydrolysis) is 1. The number of hydrogen-bond donors (Lipinski definition) is 1. The topological polar surface area (TPSA) is 47.6 Å². The molecular formula is C22H27NO3. The lowest BCUT2D eigenvalue weighted by atomic mass is 10.1. The molecule has 2 aromatic rings. The van der Waals surface area contributed by atoms with E-state index in [-0.39, 0.29) is 12.2 Å². The van der Waals surface area contributed by atoms with Crippen LogP contribution in [0.5, 0.6) is 5.75 Å². The maximum Gasteiger partial charge on any atom is 0.407 e. The second-order valence-corrected chi connectivity index (χ2v) is 6.96. The van der Waals surface area contributed by atoms with Crippen LogP contribution in [-0.2, 0) is 11.3 Å². The minimum atomic E-state index is -0.397. The maximum atomic E-state index is 11.6.